The number of ketones is 1. The highest BCUT2D eigenvalue weighted by Gasteiger charge is 2.19. The molecular formula is C35H33Cl2N3O3. The van der Waals surface area contributed by atoms with E-state index in [1.54, 1.807) is 41.0 Å². The zero-order valence-corrected chi connectivity index (χ0v) is 25.7. The summed E-state index contributed by atoms with van der Waals surface area (Å²) in [6.45, 7) is 5.55. The predicted molar refractivity (Wildman–Crippen MR) is 177 cm³/mol. The smallest absolute Gasteiger partial charge is 0.264 e. The van der Waals surface area contributed by atoms with Gasteiger partial charge in [0.25, 0.3) is 11.5 Å². The van der Waals surface area contributed by atoms with Crippen LogP contribution in [0.15, 0.2) is 108 Å². The van der Waals surface area contributed by atoms with Crippen LogP contribution in [0.2, 0.25) is 10.0 Å². The summed E-state index contributed by atoms with van der Waals surface area (Å²) in [5, 5.41) is 4.95. The van der Waals surface area contributed by atoms with E-state index >= 15 is 0 Å². The van der Waals surface area contributed by atoms with Gasteiger partial charge in [-0.05, 0) is 60.3 Å². The van der Waals surface area contributed by atoms with Crippen LogP contribution < -0.4 is 16.6 Å². The Labute approximate surface area is 261 Å². The van der Waals surface area contributed by atoms with Crippen molar-refractivity contribution in [3.05, 3.63) is 140 Å². The fraction of sp³-hybridized carbons (Fsp3) is 0.171. The molecule has 1 heterocycles. The number of fused-ring (bicyclic) bond motifs is 1. The Morgan fingerprint density at radius 2 is 1.42 bits per heavy atom. The largest absolute Gasteiger partial charge is 0.323 e. The summed E-state index contributed by atoms with van der Waals surface area (Å²) in [5.41, 5.74) is 9.17. The highest BCUT2D eigenvalue weighted by atomic mass is 35.5. The Balaban J connectivity index is 0.000000197. The molecule has 0 saturated carbocycles. The molecule has 1 amide bonds. The SMILES string of the molecule is CC(C)C(=O)Cc1cccc(Cl)c1C(=O)Nc1ccccc1.C[C@H](N)c1cc2cccc(Cl)c2c(=O)n1-c1ccccc1. The van der Waals surface area contributed by atoms with Crippen molar-refractivity contribution in [2.24, 2.45) is 11.7 Å². The van der Waals surface area contributed by atoms with Gasteiger partial charge in [-0.2, -0.15) is 0 Å². The summed E-state index contributed by atoms with van der Waals surface area (Å²) < 4.78 is 1.64. The first-order valence-electron chi connectivity index (χ1n) is 13.9. The van der Waals surface area contributed by atoms with E-state index in [0.29, 0.717) is 32.2 Å². The molecule has 0 aliphatic rings. The monoisotopic (exact) mass is 613 g/mol. The van der Waals surface area contributed by atoms with Crippen LogP contribution in [0.5, 0.6) is 0 Å². The number of nitrogens with zero attached hydrogens (tertiary/aromatic N) is 1. The molecule has 1 atom stereocenters. The molecular weight excluding hydrogens is 581 g/mol. The second-order valence-corrected chi connectivity index (χ2v) is 11.2. The molecule has 0 aliphatic carbocycles. The van der Waals surface area contributed by atoms with Gasteiger partial charge in [0.05, 0.1) is 21.0 Å². The number of Topliss-reactive ketones (excluding diaryl/α,β-unsaturated/α-hetero) is 1. The summed E-state index contributed by atoms with van der Waals surface area (Å²) in [5.74, 6) is -0.302. The molecule has 8 heteroatoms. The van der Waals surface area contributed by atoms with E-state index in [1.807, 2.05) is 87.5 Å². The summed E-state index contributed by atoms with van der Waals surface area (Å²) in [4.78, 5) is 37.4. The van der Waals surface area contributed by atoms with Crippen LogP contribution in [0.1, 0.15) is 48.4 Å². The molecule has 4 aromatic carbocycles. The Morgan fingerprint density at radius 1 is 0.814 bits per heavy atom. The zero-order chi connectivity index (χ0) is 31.1. The van der Waals surface area contributed by atoms with Crippen LogP contribution in [0.25, 0.3) is 16.5 Å². The van der Waals surface area contributed by atoms with Crippen LogP contribution in [0.4, 0.5) is 5.69 Å². The van der Waals surface area contributed by atoms with Gasteiger partial charge in [-0.15, -0.1) is 0 Å². The minimum absolute atomic E-state index is 0.0796. The summed E-state index contributed by atoms with van der Waals surface area (Å²) in [7, 11) is 0. The number of amides is 1. The number of hydrogen-bond acceptors (Lipinski definition) is 4. The van der Waals surface area contributed by atoms with Gasteiger partial charge in [0.2, 0.25) is 0 Å². The van der Waals surface area contributed by atoms with Crippen molar-refractivity contribution in [2.45, 2.75) is 33.2 Å². The Kier molecular flexibility index (Phi) is 10.5. The third-order valence-electron chi connectivity index (χ3n) is 6.87. The number of para-hydroxylation sites is 2. The summed E-state index contributed by atoms with van der Waals surface area (Å²) in [6, 6.07) is 30.9. The fourth-order valence-electron chi connectivity index (χ4n) is 4.60. The summed E-state index contributed by atoms with van der Waals surface area (Å²) >= 11 is 12.4. The Morgan fingerprint density at radius 3 is 2.05 bits per heavy atom. The fourth-order valence-corrected chi connectivity index (χ4v) is 5.14. The number of carbonyl (C=O) groups excluding carboxylic acids is 2. The first kappa shape index (κ1) is 31.7. The number of hydrogen-bond donors (Lipinski definition) is 2. The first-order valence-corrected chi connectivity index (χ1v) is 14.7. The molecule has 6 nitrogen and oxygen atoms in total. The van der Waals surface area contributed by atoms with Crippen LogP contribution in [-0.4, -0.2) is 16.3 Å². The van der Waals surface area contributed by atoms with Gasteiger partial charge in [0.1, 0.15) is 5.78 Å². The molecule has 0 saturated heterocycles. The lowest BCUT2D eigenvalue weighted by Crippen LogP contribution is -2.25. The second kappa shape index (κ2) is 14.3. The van der Waals surface area contributed by atoms with E-state index in [2.05, 4.69) is 5.32 Å². The van der Waals surface area contributed by atoms with Gasteiger partial charge in [-0.1, -0.05) is 97.7 Å². The molecule has 0 bridgehead atoms. The van der Waals surface area contributed by atoms with Crippen molar-refractivity contribution < 1.29 is 9.59 Å². The second-order valence-electron chi connectivity index (χ2n) is 10.4. The molecule has 0 unspecified atom stereocenters. The van der Waals surface area contributed by atoms with E-state index in [0.717, 1.165) is 16.8 Å². The maximum absolute atomic E-state index is 12.9. The van der Waals surface area contributed by atoms with E-state index in [4.69, 9.17) is 28.9 Å². The normalized spacial score (nSPS) is 11.5. The third-order valence-corrected chi connectivity index (χ3v) is 7.50. The van der Waals surface area contributed by atoms with Crippen molar-refractivity contribution in [3.63, 3.8) is 0 Å². The lowest BCUT2D eigenvalue weighted by molar-refractivity contribution is -0.121. The van der Waals surface area contributed by atoms with Crippen LogP contribution in [0, 0.1) is 5.92 Å². The zero-order valence-electron chi connectivity index (χ0n) is 24.2. The van der Waals surface area contributed by atoms with Gasteiger partial charge in [0, 0.05) is 35.4 Å². The van der Waals surface area contributed by atoms with Crippen molar-refractivity contribution in [2.75, 3.05) is 5.32 Å². The van der Waals surface area contributed by atoms with Crippen molar-refractivity contribution >= 4 is 51.4 Å². The molecule has 43 heavy (non-hydrogen) atoms. The van der Waals surface area contributed by atoms with Crippen molar-refractivity contribution in [1.29, 1.82) is 0 Å². The first-order chi connectivity index (χ1) is 20.6. The molecule has 5 rings (SSSR count). The van der Waals surface area contributed by atoms with Gasteiger partial charge in [-0.3, -0.25) is 19.0 Å². The number of pyridine rings is 1. The van der Waals surface area contributed by atoms with Gasteiger partial charge >= 0.3 is 0 Å². The highest BCUT2D eigenvalue weighted by molar-refractivity contribution is 6.35. The number of benzene rings is 4. The number of carbonyl (C=O) groups is 2. The van der Waals surface area contributed by atoms with E-state index in [9.17, 15) is 14.4 Å². The molecule has 0 radical (unpaired) electrons. The molecule has 3 N–H and O–H groups in total. The Hall–Kier alpha value is -4.23. The summed E-state index contributed by atoms with van der Waals surface area (Å²) in [6.07, 6.45) is 0.204. The number of halogens is 2. The van der Waals surface area contributed by atoms with Crippen molar-refractivity contribution in [1.82, 2.24) is 4.57 Å². The van der Waals surface area contributed by atoms with Gasteiger partial charge in [0.15, 0.2) is 0 Å². The topological polar surface area (TPSA) is 94.2 Å². The standard InChI is InChI=1S/C18H18ClNO2.C17H15ClN2O/c1-12(2)16(21)11-13-7-6-10-15(19)17(13)18(22)20-14-8-4-3-5-9-14;1-11(19)15-10-12-6-5-9-14(18)16(12)17(21)20(15)13-7-3-2-4-8-13/h3-10,12H,11H2,1-2H3,(H,20,22);2-11H,19H2,1H3/t;11-/m.0/s1. The average Bonchev–Trinajstić information content (AvgIpc) is 2.98. The Bertz CT molecular complexity index is 1800. The predicted octanol–water partition coefficient (Wildman–Crippen LogP) is 8.02. The van der Waals surface area contributed by atoms with E-state index < -0.39 is 0 Å². The number of aromatic nitrogens is 1. The lowest BCUT2D eigenvalue weighted by Gasteiger charge is -2.17. The number of nitrogens with one attached hydrogen (secondary N) is 1. The van der Waals surface area contributed by atoms with Gasteiger partial charge < -0.3 is 11.1 Å². The van der Waals surface area contributed by atoms with E-state index in [-0.39, 0.29) is 35.6 Å². The quantitative estimate of drug-likeness (QED) is 0.194. The molecule has 220 valence electrons. The third kappa shape index (κ3) is 7.59. The van der Waals surface area contributed by atoms with Crippen molar-refractivity contribution in [3.8, 4) is 5.69 Å². The minimum atomic E-state index is -0.302. The van der Waals surface area contributed by atoms with Crippen LogP contribution >= 0.6 is 23.2 Å². The maximum atomic E-state index is 12.9. The molecule has 0 fully saturated rings. The van der Waals surface area contributed by atoms with Crippen LogP contribution in [0.3, 0.4) is 0 Å². The molecule has 0 aliphatic heterocycles. The number of rotatable bonds is 7. The molecule has 5 aromatic rings. The molecule has 1 aromatic heterocycles. The highest BCUT2D eigenvalue weighted by Crippen LogP contribution is 2.25. The van der Waals surface area contributed by atoms with Crippen LogP contribution in [-0.2, 0) is 11.2 Å². The van der Waals surface area contributed by atoms with E-state index in [1.165, 1.54) is 0 Å². The number of nitrogens with two attached hydrogens (primary N) is 1. The lowest BCUT2D eigenvalue weighted by atomic mass is 9.97. The minimum Gasteiger partial charge on any atom is -0.323 e. The maximum Gasteiger partial charge on any atom is 0.264 e. The van der Waals surface area contributed by atoms with Gasteiger partial charge in [-0.25, -0.2) is 0 Å². The average molecular weight is 615 g/mol. The molecule has 0 spiro atoms. The number of anilines is 1.